The Morgan fingerprint density at radius 2 is 2.27 bits per heavy atom. The number of nitrogens with one attached hydrogen (secondary N) is 2. The molecule has 0 aromatic carbocycles. The van der Waals surface area contributed by atoms with E-state index in [0.717, 1.165) is 0 Å². The molecule has 7 nitrogen and oxygen atoms in total. The molecule has 0 spiro atoms. The Bertz CT molecular complexity index is 502. The molecule has 0 radical (unpaired) electrons. The summed E-state index contributed by atoms with van der Waals surface area (Å²) < 4.78 is 30.2. The first kappa shape index (κ1) is 9.87. The molecule has 0 bridgehead atoms. The summed E-state index contributed by atoms with van der Waals surface area (Å²) in [4.78, 5) is 0. The Balaban J connectivity index is 2.06. The molecule has 0 atom stereocenters. The zero-order valence-electron chi connectivity index (χ0n) is 7.54. The Morgan fingerprint density at radius 1 is 1.40 bits per heavy atom. The number of aromatic nitrogens is 3. The van der Waals surface area contributed by atoms with Gasteiger partial charge >= 0.3 is 0 Å². The van der Waals surface area contributed by atoms with Crippen LogP contribution in [0.1, 0.15) is 5.76 Å². The maximum Gasteiger partial charge on any atom is 0.257 e. The third kappa shape index (κ3) is 2.22. The monoisotopic (exact) mass is 228 g/mol. The number of H-pyrrole nitrogens is 1. The van der Waals surface area contributed by atoms with Crippen molar-refractivity contribution in [3.05, 3.63) is 30.3 Å². The van der Waals surface area contributed by atoms with Crippen molar-refractivity contribution in [3.63, 3.8) is 0 Å². The molecule has 0 aliphatic rings. The summed E-state index contributed by atoms with van der Waals surface area (Å²) in [5, 5.41) is 9.39. The van der Waals surface area contributed by atoms with Crippen molar-refractivity contribution in [1.82, 2.24) is 20.1 Å². The van der Waals surface area contributed by atoms with Gasteiger partial charge in [0, 0.05) is 6.07 Å². The van der Waals surface area contributed by atoms with Crippen LogP contribution in [0.25, 0.3) is 0 Å². The molecule has 0 unspecified atom stereocenters. The van der Waals surface area contributed by atoms with Gasteiger partial charge in [0.05, 0.1) is 18.9 Å². The number of nitrogens with zero attached hydrogens (tertiary/aromatic N) is 2. The van der Waals surface area contributed by atoms with Gasteiger partial charge in [-0.15, -0.1) is 0 Å². The van der Waals surface area contributed by atoms with Gasteiger partial charge < -0.3 is 4.52 Å². The molecule has 0 aliphatic heterocycles. The Hall–Kier alpha value is -1.67. The van der Waals surface area contributed by atoms with Gasteiger partial charge in [0.15, 0.2) is 10.8 Å². The molecule has 0 amide bonds. The van der Waals surface area contributed by atoms with E-state index in [0.29, 0.717) is 5.76 Å². The van der Waals surface area contributed by atoms with Crippen LogP contribution in [0.3, 0.4) is 0 Å². The minimum absolute atomic E-state index is 0.0158. The summed E-state index contributed by atoms with van der Waals surface area (Å²) in [6.07, 6.45) is 2.81. The summed E-state index contributed by atoms with van der Waals surface area (Å²) >= 11 is 0. The van der Waals surface area contributed by atoms with Crippen LogP contribution >= 0.6 is 0 Å². The highest BCUT2D eigenvalue weighted by atomic mass is 32.2. The predicted molar refractivity (Wildman–Crippen MR) is 49.1 cm³/mol. The second-order valence-corrected chi connectivity index (χ2v) is 4.46. The summed E-state index contributed by atoms with van der Waals surface area (Å²) in [5.41, 5.74) is 0. The molecular formula is C7H8N4O3S. The first-order chi connectivity index (χ1) is 7.18. The number of aromatic amines is 1. The Labute approximate surface area is 85.5 Å². The highest BCUT2D eigenvalue weighted by Gasteiger charge is 2.15. The van der Waals surface area contributed by atoms with E-state index in [2.05, 4.69) is 20.1 Å². The standard InChI is InChI=1S/C7H8N4O3S/c12-15(13,7-2-3-8-11-7)10-5-6-1-4-9-14-6/h1-4,10H,5H2,(H,8,11). The van der Waals surface area contributed by atoms with Crippen molar-refractivity contribution in [1.29, 1.82) is 0 Å². The Kier molecular flexibility index (Phi) is 2.52. The van der Waals surface area contributed by atoms with Gasteiger partial charge in [-0.1, -0.05) is 5.16 Å². The maximum absolute atomic E-state index is 11.5. The first-order valence-electron chi connectivity index (χ1n) is 4.07. The minimum Gasteiger partial charge on any atom is -0.360 e. The molecule has 2 N–H and O–H groups in total. The van der Waals surface area contributed by atoms with Crippen LogP contribution in [-0.4, -0.2) is 23.8 Å². The average Bonchev–Trinajstić information content (AvgIpc) is 2.88. The lowest BCUT2D eigenvalue weighted by Crippen LogP contribution is -2.23. The highest BCUT2D eigenvalue weighted by molar-refractivity contribution is 7.89. The van der Waals surface area contributed by atoms with Crippen molar-refractivity contribution >= 4 is 10.0 Å². The number of rotatable bonds is 4. The molecule has 0 fully saturated rings. The lowest BCUT2D eigenvalue weighted by Gasteiger charge is -2.00. The molecule has 2 aromatic rings. The molecule has 0 saturated heterocycles. The lowest BCUT2D eigenvalue weighted by atomic mass is 10.5. The van der Waals surface area contributed by atoms with Crippen LogP contribution in [0.5, 0.6) is 0 Å². The second-order valence-electron chi connectivity index (χ2n) is 2.72. The SMILES string of the molecule is O=S(=O)(NCc1ccno1)c1ccn[nH]1. The first-order valence-corrected chi connectivity index (χ1v) is 5.55. The third-order valence-corrected chi connectivity index (χ3v) is 3.02. The van der Waals surface area contributed by atoms with Gasteiger partial charge in [-0.3, -0.25) is 5.10 Å². The van der Waals surface area contributed by atoms with Gasteiger partial charge in [-0.2, -0.15) is 5.10 Å². The molecule has 2 aromatic heterocycles. The summed E-state index contributed by atoms with van der Waals surface area (Å²) in [6, 6.07) is 2.94. The van der Waals surface area contributed by atoms with Crippen LogP contribution in [-0.2, 0) is 16.6 Å². The van der Waals surface area contributed by atoms with E-state index in [1.54, 1.807) is 6.07 Å². The van der Waals surface area contributed by atoms with Crippen molar-refractivity contribution in [2.75, 3.05) is 0 Å². The summed E-state index contributed by atoms with van der Waals surface area (Å²) in [7, 11) is -3.55. The van der Waals surface area contributed by atoms with Crippen LogP contribution in [0.2, 0.25) is 0 Å². The number of hydrogen-bond acceptors (Lipinski definition) is 5. The van der Waals surface area contributed by atoms with Gasteiger partial charge in [-0.05, 0) is 6.07 Å². The van der Waals surface area contributed by atoms with Crippen molar-refractivity contribution < 1.29 is 12.9 Å². The molecule has 8 heteroatoms. The van der Waals surface area contributed by atoms with E-state index in [1.807, 2.05) is 0 Å². The second kappa shape index (κ2) is 3.83. The van der Waals surface area contributed by atoms with E-state index in [9.17, 15) is 8.42 Å². The van der Waals surface area contributed by atoms with E-state index in [-0.39, 0.29) is 11.6 Å². The smallest absolute Gasteiger partial charge is 0.257 e. The fourth-order valence-electron chi connectivity index (χ4n) is 0.970. The van der Waals surface area contributed by atoms with Gasteiger partial charge in [0.1, 0.15) is 0 Å². The zero-order chi connectivity index (χ0) is 10.7. The molecule has 0 saturated carbocycles. The fourth-order valence-corrected chi connectivity index (χ4v) is 1.87. The number of sulfonamides is 1. The van der Waals surface area contributed by atoms with Crippen LogP contribution < -0.4 is 4.72 Å². The summed E-state index contributed by atoms with van der Waals surface area (Å²) in [6.45, 7) is 0.0569. The molecular weight excluding hydrogens is 220 g/mol. The molecule has 15 heavy (non-hydrogen) atoms. The zero-order valence-corrected chi connectivity index (χ0v) is 8.36. The molecule has 2 heterocycles. The van der Waals surface area contributed by atoms with Gasteiger partial charge in [-0.25, -0.2) is 13.1 Å². The largest absolute Gasteiger partial charge is 0.360 e. The van der Waals surface area contributed by atoms with E-state index >= 15 is 0 Å². The average molecular weight is 228 g/mol. The lowest BCUT2D eigenvalue weighted by molar-refractivity contribution is 0.380. The van der Waals surface area contributed by atoms with Crippen molar-refractivity contribution in [2.45, 2.75) is 11.6 Å². The van der Waals surface area contributed by atoms with Crippen molar-refractivity contribution in [3.8, 4) is 0 Å². The van der Waals surface area contributed by atoms with E-state index in [1.165, 1.54) is 18.5 Å². The van der Waals surface area contributed by atoms with Gasteiger partial charge in [0.25, 0.3) is 10.0 Å². The Morgan fingerprint density at radius 3 is 2.87 bits per heavy atom. The predicted octanol–water partition coefficient (Wildman–Crippen LogP) is -0.124. The van der Waals surface area contributed by atoms with Crippen molar-refractivity contribution in [2.24, 2.45) is 0 Å². The minimum atomic E-state index is -3.55. The van der Waals surface area contributed by atoms with Crippen LogP contribution in [0, 0.1) is 0 Å². The van der Waals surface area contributed by atoms with Crippen LogP contribution in [0.4, 0.5) is 0 Å². The number of hydrogen-bond donors (Lipinski definition) is 2. The quantitative estimate of drug-likeness (QED) is 0.759. The van der Waals surface area contributed by atoms with E-state index < -0.39 is 10.0 Å². The van der Waals surface area contributed by atoms with Crippen LogP contribution in [0.15, 0.2) is 34.1 Å². The van der Waals surface area contributed by atoms with Gasteiger partial charge in [0.2, 0.25) is 0 Å². The maximum atomic E-state index is 11.5. The molecule has 80 valence electrons. The fraction of sp³-hybridized carbons (Fsp3) is 0.143. The highest BCUT2D eigenvalue weighted by Crippen LogP contribution is 2.04. The third-order valence-electron chi connectivity index (χ3n) is 1.69. The topological polar surface area (TPSA) is 101 Å². The molecule has 2 rings (SSSR count). The van der Waals surface area contributed by atoms with E-state index in [4.69, 9.17) is 4.52 Å². The normalized spacial score (nSPS) is 11.7. The summed E-state index contributed by atoms with van der Waals surface area (Å²) in [5.74, 6) is 0.443. The molecule has 0 aliphatic carbocycles.